The van der Waals surface area contributed by atoms with Crippen molar-refractivity contribution < 1.29 is 9.53 Å². The minimum absolute atomic E-state index is 0.0654. The molecule has 32 heavy (non-hydrogen) atoms. The number of benzene rings is 2. The van der Waals surface area contributed by atoms with Gasteiger partial charge >= 0.3 is 0 Å². The first kappa shape index (κ1) is 24.2. The summed E-state index contributed by atoms with van der Waals surface area (Å²) in [5, 5.41) is 12.4. The van der Waals surface area contributed by atoms with Gasteiger partial charge in [0, 0.05) is 11.4 Å². The van der Waals surface area contributed by atoms with Crippen LogP contribution < -0.4 is 10.1 Å². The summed E-state index contributed by atoms with van der Waals surface area (Å²) in [5.41, 5.74) is 2.11. The van der Waals surface area contributed by atoms with Crippen LogP contribution in [0.15, 0.2) is 58.6 Å². The van der Waals surface area contributed by atoms with Gasteiger partial charge in [0.1, 0.15) is 12.4 Å². The fraction of sp³-hybridized carbons (Fsp3) is 0.375. The summed E-state index contributed by atoms with van der Waals surface area (Å²) in [6.45, 7) is 7.52. The fourth-order valence-electron chi connectivity index (χ4n) is 3.11. The van der Waals surface area contributed by atoms with E-state index in [1.807, 2.05) is 42.7 Å². The number of aromatic nitrogens is 3. The van der Waals surface area contributed by atoms with E-state index in [-0.39, 0.29) is 11.7 Å². The Hall–Kier alpha value is -2.45. The molecule has 0 aliphatic rings. The minimum Gasteiger partial charge on any atom is -0.486 e. The lowest BCUT2D eigenvalue weighted by molar-refractivity contribution is -0.113. The van der Waals surface area contributed by atoms with Crippen LogP contribution in [-0.2, 0) is 24.4 Å². The fourth-order valence-corrected chi connectivity index (χ4v) is 4.43. The lowest BCUT2D eigenvalue weighted by atomic mass is 10.2. The zero-order chi connectivity index (χ0) is 22.9. The maximum absolute atomic E-state index is 12.5. The highest BCUT2D eigenvalue weighted by molar-refractivity contribution is 7.99. The highest BCUT2D eigenvalue weighted by atomic mass is 32.2. The largest absolute Gasteiger partial charge is 0.486 e. The van der Waals surface area contributed by atoms with Crippen molar-refractivity contribution in [2.24, 2.45) is 5.92 Å². The van der Waals surface area contributed by atoms with Gasteiger partial charge in [-0.25, -0.2) is 0 Å². The number of para-hydroxylation sites is 1. The smallest absolute Gasteiger partial charge is 0.234 e. The van der Waals surface area contributed by atoms with Gasteiger partial charge < -0.3 is 14.6 Å². The van der Waals surface area contributed by atoms with E-state index < -0.39 is 0 Å². The predicted octanol–water partition coefficient (Wildman–Crippen LogP) is 5.53. The van der Waals surface area contributed by atoms with Crippen molar-refractivity contribution in [1.29, 1.82) is 0 Å². The first-order valence-electron chi connectivity index (χ1n) is 10.7. The molecule has 0 radical (unpaired) electrons. The number of hydrogen-bond acceptors (Lipinski definition) is 6. The molecule has 3 aromatic rings. The topological polar surface area (TPSA) is 69.0 Å². The van der Waals surface area contributed by atoms with Gasteiger partial charge in [0.15, 0.2) is 11.0 Å². The van der Waals surface area contributed by atoms with Gasteiger partial charge in [-0.3, -0.25) is 4.79 Å². The maximum Gasteiger partial charge on any atom is 0.234 e. The van der Waals surface area contributed by atoms with Crippen molar-refractivity contribution in [3.8, 4) is 5.75 Å². The summed E-state index contributed by atoms with van der Waals surface area (Å²) >= 11 is 3.00. The molecule has 0 spiro atoms. The monoisotopic (exact) mass is 470 g/mol. The zero-order valence-corrected chi connectivity index (χ0v) is 20.6. The van der Waals surface area contributed by atoms with Gasteiger partial charge in [-0.1, -0.05) is 56.8 Å². The number of thioether (sulfide) groups is 2. The van der Waals surface area contributed by atoms with E-state index in [2.05, 4.69) is 53.0 Å². The molecule has 0 aliphatic heterocycles. The molecule has 0 atom stereocenters. The number of nitrogens with one attached hydrogen (secondary N) is 1. The van der Waals surface area contributed by atoms with Crippen molar-refractivity contribution in [3.05, 3.63) is 59.9 Å². The Morgan fingerprint density at radius 3 is 2.56 bits per heavy atom. The van der Waals surface area contributed by atoms with Gasteiger partial charge in [0.2, 0.25) is 5.91 Å². The van der Waals surface area contributed by atoms with E-state index in [9.17, 15) is 4.79 Å². The van der Waals surface area contributed by atoms with E-state index in [4.69, 9.17) is 4.74 Å². The number of nitrogens with zero attached hydrogens (tertiary/aromatic N) is 3. The Labute approximate surface area is 198 Å². The number of rotatable bonds is 11. The van der Waals surface area contributed by atoms with Gasteiger partial charge in [0.05, 0.1) is 11.4 Å². The Balaban J connectivity index is 1.64. The highest BCUT2D eigenvalue weighted by Gasteiger charge is 2.16. The van der Waals surface area contributed by atoms with Crippen molar-refractivity contribution >= 4 is 35.1 Å². The number of amides is 1. The second kappa shape index (κ2) is 12.0. The van der Waals surface area contributed by atoms with Gasteiger partial charge in [-0.05, 0) is 48.4 Å². The number of hydrogen-bond donors (Lipinski definition) is 1. The molecule has 0 unspecified atom stereocenters. The summed E-state index contributed by atoms with van der Waals surface area (Å²) in [7, 11) is 0. The van der Waals surface area contributed by atoms with Crippen LogP contribution in [0, 0.1) is 5.92 Å². The van der Waals surface area contributed by atoms with Crippen LogP contribution in [0.3, 0.4) is 0 Å². The van der Waals surface area contributed by atoms with Crippen molar-refractivity contribution in [3.63, 3.8) is 0 Å². The molecular weight excluding hydrogens is 440 g/mol. The van der Waals surface area contributed by atoms with Crippen LogP contribution in [0.25, 0.3) is 0 Å². The standard InChI is InChI=1S/C24H30N4O2S2/c1-5-18-10-12-19(13-11-18)30-15-22-26-27-24(28(22)14-17(2)3)32-16-23(29)25-20-8-6-7-9-21(20)31-4/h6-13,17H,5,14-16H2,1-4H3,(H,25,29). The third-order valence-corrected chi connectivity index (χ3v) is 6.52. The summed E-state index contributed by atoms with van der Waals surface area (Å²) in [6, 6.07) is 15.9. The normalized spacial score (nSPS) is 11.0. The summed E-state index contributed by atoms with van der Waals surface area (Å²) in [5.74, 6) is 2.18. The van der Waals surface area contributed by atoms with Crippen LogP contribution in [0.4, 0.5) is 5.69 Å². The molecule has 8 heteroatoms. The van der Waals surface area contributed by atoms with Crippen LogP contribution in [0.2, 0.25) is 0 Å². The molecule has 6 nitrogen and oxygen atoms in total. The second-order valence-corrected chi connectivity index (χ2v) is 9.52. The number of anilines is 1. The number of ether oxygens (including phenoxy) is 1. The third kappa shape index (κ3) is 6.77. The van der Waals surface area contributed by atoms with Crippen molar-refractivity contribution in [2.75, 3.05) is 17.3 Å². The Bertz CT molecular complexity index is 1020. The molecule has 0 saturated carbocycles. The van der Waals surface area contributed by atoms with Gasteiger partial charge in [-0.15, -0.1) is 22.0 Å². The molecule has 1 amide bonds. The lowest BCUT2D eigenvalue weighted by Crippen LogP contribution is -2.16. The van der Waals surface area contributed by atoms with Crippen molar-refractivity contribution in [2.45, 2.75) is 50.4 Å². The summed E-state index contributed by atoms with van der Waals surface area (Å²) in [6.07, 6.45) is 3.00. The molecule has 1 N–H and O–H groups in total. The molecule has 2 aromatic carbocycles. The number of carbonyl (C=O) groups excluding carboxylic acids is 1. The van der Waals surface area contributed by atoms with E-state index in [0.29, 0.717) is 12.5 Å². The second-order valence-electron chi connectivity index (χ2n) is 7.73. The van der Waals surface area contributed by atoms with E-state index in [0.717, 1.165) is 40.3 Å². The molecule has 3 rings (SSSR count). The lowest BCUT2D eigenvalue weighted by Gasteiger charge is -2.13. The quantitative estimate of drug-likeness (QED) is 0.372. The Morgan fingerprint density at radius 1 is 1.12 bits per heavy atom. The molecule has 0 fully saturated rings. The van der Waals surface area contributed by atoms with E-state index >= 15 is 0 Å². The number of aryl methyl sites for hydroxylation is 1. The molecule has 0 saturated heterocycles. The van der Waals surface area contributed by atoms with E-state index in [1.54, 1.807) is 11.8 Å². The van der Waals surface area contributed by atoms with Crippen LogP contribution in [0.1, 0.15) is 32.2 Å². The third-order valence-electron chi connectivity index (χ3n) is 4.75. The van der Waals surface area contributed by atoms with Crippen LogP contribution in [-0.4, -0.2) is 32.7 Å². The maximum atomic E-state index is 12.5. The Kier molecular flexibility index (Phi) is 9.05. The van der Waals surface area contributed by atoms with Crippen molar-refractivity contribution in [1.82, 2.24) is 14.8 Å². The zero-order valence-electron chi connectivity index (χ0n) is 19.0. The molecule has 1 heterocycles. The first-order chi connectivity index (χ1) is 15.5. The molecule has 170 valence electrons. The summed E-state index contributed by atoms with van der Waals surface area (Å²) in [4.78, 5) is 13.6. The minimum atomic E-state index is -0.0654. The van der Waals surface area contributed by atoms with Gasteiger partial charge in [-0.2, -0.15) is 0 Å². The van der Waals surface area contributed by atoms with Crippen LogP contribution >= 0.6 is 23.5 Å². The average Bonchev–Trinajstić information content (AvgIpc) is 3.17. The number of carbonyl (C=O) groups is 1. The molecule has 1 aromatic heterocycles. The average molecular weight is 471 g/mol. The molecular formula is C24H30N4O2S2. The molecule has 0 aliphatic carbocycles. The first-order valence-corrected chi connectivity index (χ1v) is 12.9. The highest BCUT2D eigenvalue weighted by Crippen LogP contribution is 2.25. The van der Waals surface area contributed by atoms with Crippen LogP contribution in [0.5, 0.6) is 5.75 Å². The Morgan fingerprint density at radius 2 is 1.88 bits per heavy atom. The predicted molar refractivity (Wildman–Crippen MR) is 133 cm³/mol. The SMILES string of the molecule is CCc1ccc(OCc2nnc(SCC(=O)Nc3ccccc3SC)n2CC(C)C)cc1. The molecule has 0 bridgehead atoms. The van der Waals surface area contributed by atoms with E-state index in [1.165, 1.54) is 17.3 Å². The summed E-state index contributed by atoms with van der Waals surface area (Å²) < 4.78 is 8.00. The van der Waals surface area contributed by atoms with Gasteiger partial charge in [0.25, 0.3) is 0 Å².